The summed E-state index contributed by atoms with van der Waals surface area (Å²) in [7, 11) is 2.00. The first-order chi connectivity index (χ1) is 10.1. The van der Waals surface area contributed by atoms with Crippen molar-refractivity contribution in [2.24, 2.45) is 5.84 Å². The summed E-state index contributed by atoms with van der Waals surface area (Å²) < 4.78 is 0. The van der Waals surface area contributed by atoms with Crippen LogP contribution in [-0.4, -0.2) is 17.0 Å². The molecule has 0 aliphatic rings. The average Bonchev–Trinajstić information content (AvgIpc) is 2.86. The number of rotatable bonds is 3. The van der Waals surface area contributed by atoms with E-state index in [4.69, 9.17) is 5.84 Å². The highest BCUT2D eigenvalue weighted by Crippen LogP contribution is 2.34. The Morgan fingerprint density at radius 3 is 2.52 bits per heavy atom. The number of aromatic nitrogens is 2. The summed E-state index contributed by atoms with van der Waals surface area (Å²) in [6.45, 7) is 4.14. The summed E-state index contributed by atoms with van der Waals surface area (Å²) in [5.41, 5.74) is 4.85. The molecule has 1 aromatic carbocycles. The van der Waals surface area contributed by atoms with Gasteiger partial charge in [-0.1, -0.05) is 17.7 Å². The molecule has 0 saturated heterocycles. The molecule has 3 rings (SSSR count). The third-order valence-corrected chi connectivity index (χ3v) is 4.31. The number of hydrazine groups is 1. The Morgan fingerprint density at radius 2 is 1.86 bits per heavy atom. The van der Waals surface area contributed by atoms with Crippen molar-refractivity contribution in [3.63, 3.8) is 0 Å². The van der Waals surface area contributed by atoms with Gasteiger partial charge < -0.3 is 4.90 Å². The van der Waals surface area contributed by atoms with E-state index >= 15 is 0 Å². The number of aryl methyl sites for hydroxylation is 2. The number of nitrogens with one attached hydrogen (secondary N) is 1. The Morgan fingerprint density at radius 1 is 1.14 bits per heavy atom. The molecule has 0 spiro atoms. The predicted octanol–water partition coefficient (Wildman–Crippen LogP) is 3.36. The highest BCUT2D eigenvalue weighted by atomic mass is 32.1. The Bertz CT molecular complexity index is 779. The summed E-state index contributed by atoms with van der Waals surface area (Å²) in [6.07, 6.45) is 0. The fourth-order valence-corrected chi connectivity index (χ4v) is 3.11. The van der Waals surface area contributed by atoms with Crippen molar-refractivity contribution in [3.05, 3.63) is 40.8 Å². The Balaban J connectivity index is 2.15. The van der Waals surface area contributed by atoms with E-state index in [0.717, 1.165) is 21.7 Å². The average molecular weight is 299 g/mol. The zero-order chi connectivity index (χ0) is 15.0. The molecule has 0 saturated carbocycles. The second-order valence-corrected chi connectivity index (χ2v) is 6.22. The minimum atomic E-state index is 0.429. The Kier molecular flexibility index (Phi) is 3.48. The van der Waals surface area contributed by atoms with Crippen molar-refractivity contribution < 1.29 is 0 Å². The highest BCUT2D eigenvalue weighted by molar-refractivity contribution is 7.18. The molecule has 5 nitrogen and oxygen atoms in total. The molecule has 0 unspecified atom stereocenters. The largest absolute Gasteiger partial charge is 0.329 e. The summed E-state index contributed by atoms with van der Waals surface area (Å²) >= 11 is 1.64. The number of nitrogen functional groups attached to an aromatic ring is 1. The third kappa shape index (κ3) is 2.55. The van der Waals surface area contributed by atoms with Crippen molar-refractivity contribution in [2.75, 3.05) is 17.4 Å². The van der Waals surface area contributed by atoms with Crippen molar-refractivity contribution in [1.29, 1.82) is 0 Å². The van der Waals surface area contributed by atoms with Crippen LogP contribution in [0.1, 0.15) is 10.4 Å². The van der Waals surface area contributed by atoms with Gasteiger partial charge >= 0.3 is 0 Å². The molecule has 0 fully saturated rings. The van der Waals surface area contributed by atoms with Crippen LogP contribution >= 0.6 is 11.3 Å². The van der Waals surface area contributed by atoms with Crippen LogP contribution in [0, 0.1) is 13.8 Å². The lowest BCUT2D eigenvalue weighted by molar-refractivity contribution is 1.09. The number of hydrogen-bond acceptors (Lipinski definition) is 6. The molecule has 21 heavy (non-hydrogen) atoms. The van der Waals surface area contributed by atoms with Crippen molar-refractivity contribution in [1.82, 2.24) is 9.97 Å². The van der Waals surface area contributed by atoms with Gasteiger partial charge in [0.2, 0.25) is 5.95 Å². The monoisotopic (exact) mass is 299 g/mol. The molecule has 0 aliphatic carbocycles. The van der Waals surface area contributed by atoms with Crippen LogP contribution in [0.3, 0.4) is 0 Å². The molecule has 0 amide bonds. The SMILES string of the molecule is Cc1ccc(N(C)c2nc(NN)nc3sc(C)cc23)cc1. The van der Waals surface area contributed by atoms with Gasteiger partial charge in [-0.15, -0.1) is 11.3 Å². The first-order valence-electron chi connectivity index (χ1n) is 6.63. The predicted molar refractivity (Wildman–Crippen MR) is 89.2 cm³/mol. The number of benzene rings is 1. The summed E-state index contributed by atoms with van der Waals surface area (Å²) in [5.74, 6) is 6.76. The Hall–Kier alpha value is -2.18. The van der Waals surface area contributed by atoms with E-state index in [1.54, 1.807) is 11.3 Å². The van der Waals surface area contributed by atoms with E-state index in [-0.39, 0.29) is 0 Å². The number of hydrogen-bond donors (Lipinski definition) is 2. The molecule has 0 bridgehead atoms. The smallest absolute Gasteiger partial charge is 0.240 e. The number of anilines is 3. The lowest BCUT2D eigenvalue weighted by Crippen LogP contribution is -2.15. The van der Waals surface area contributed by atoms with E-state index in [9.17, 15) is 0 Å². The fraction of sp³-hybridized carbons (Fsp3) is 0.200. The minimum Gasteiger partial charge on any atom is -0.329 e. The zero-order valence-electron chi connectivity index (χ0n) is 12.2. The standard InChI is InChI=1S/C15H17N5S/c1-9-4-6-11(7-5-9)20(3)13-12-8-10(2)21-14(12)18-15(17-13)19-16/h4-8H,16H2,1-3H3,(H,17,18,19). The molecule has 0 radical (unpaired) electrons. The maximum Gasteiger partial charge on any atom is 0.240 e. The van der Waals surface area contributed by atoms with E-state index in [2.05, 4.69) is 64.5 Å². The van der Waals surface area contributed by atoms with Crippen LogP contribution in [0.4, 0.5) is 17.5 Å². The number of fused-ring (bicyclic) bond motifs is 1. The van der Waals surface area contributed by atoms with Crippen molar-refractivity contribution in [2.45, 2.75) is 13.8 Å². The summed E-state index contributed by atoms with van der Waals surface area (Å²) in [5, 5.41) is 1.04. The van der Waals surface area contributed by atoms with Gasteiger partial charge in [0.25, 0.3) is 0 Å². The van der Waals surface area contributed by atoms with Gasteiger partial charge in [0.05, 0.1) is 5.39 Å². The molecule has 2 heterocycles. The number of thiophene rings is 1. The topological polar surface area (TPSA) is 67.1 Å². The second-order valence-electron chi connectivity index (χ2n) is 4.99. The van der Waals surface area contributed by atoms with Crippen LogP contribution in [0.5, 0.6) is 0 Å². The molecule has 0 atom stereocenters. The third-order valence-electron chi connectivity index (χ3n) is 3.36. The lowest BCUT2D eigenvalue weighted by atomic mass is 10.2. The molecule has 0 aliphatic heterocycles. The maximum atomic E-state index is 5.49. The van der Waals surface area contributed by atoms with Gasteiger partial charge in [-0.05, 0) is 32.0 Å². The number of nitrogens with zero attached hydrogens (tertiary/aromatic N) is 3. The first kappa shape index (κ1) is 13.8. The number of nitrogens with two attached hydrogens (primary N) is 1. The maximum absolute atomic E-state index is 5.49. The molecule has 6 heteroatoms. The molecule has 108 valence electrons. The molecule has 3 aromatic rings. The normalized spacial score (nSPS) is 10.9. The van der Waals surface area contributed by atoms with Gasteiger partial charge in [-0.3, -0.25) is 5.43 Å². The quantitative estimate of drug-likeness (QED) is 0.573. The lowest BCUT2D eigenvalue weighted by Gasteiger charge is -2.19. The van der Waals surface area contributed by atoms with Crippen LogP contribution in [0.25, 0.3) is 10.2 Å². The Labute approximate surface area is 127 Å². The van der Waals surface area contributed by atoms with Crippen LogP contribution < -0.4 is 16.2 Å². The van der Waals surface area contributed by atoms with Crippen molar-refractivity contribution >= 4 is 39.0 Å². The zero-order valence-corrected chi connectivity index (χ0v) is 13.0. The summed E-state index contributed by atoms with van der Waals surface area (Å²) in [6, 6.07) is 10.5. The summed E-state index contributed by atoms with van der Waals surface area (Å²) in [4.78, 5) is 13.1. The van der Waals surface area contributed by atoms with Crippen LogP contribution in [0.2, 0.25) is 0 Å². The van der Waals surface area contributed by atoms with Gasteiger partial charge in [0.15, 0.2) is 0 Å². The first-order valence-corrected chi connectivity index (χ1v) is 7.45. The van der Waals surface area contributed by atoms with Gasteiger partial charge in [-0.2, -0.15) is 4.98 Å². The van der Waals surface area contributed by atoms with Crippen LogP contribution in [0.15, 0.2) is 30.3 Å². The van der Waals surface area contributed by atoms with E-state index in [0.29, 0.717) is 5.95 Å². The molecular formula is C15H17N5S. The van der Waals surface area contributed by atoms with Gasteiger partial charge in [0.1, 0.15) is 10.6 Å². The van der Waals surface area contributed by atoms with E-state index in [1.807, 2.05) is 7.05 Å². The van der Waals surface area contributed by atoms with E-state index in [1.165, 1.54) is 10.4 Å². The van der Waals surface area contributed by atoms with E-state index < -0.39 is 0 Å². The molecule has 3 N–H and O–H groups in total. The van der Waals surface area contributed by atoms with Crippen molar-refractivity contribution in [3.8, 4) is 0 Å². The van der Waals surface area contributed by atoms with Crippen LogP contribution in [-0.2, 0) is 0 Å². The molecule has 2 aromatic heterocycles. The van der Waals surface area contributed by atoms with Gasteiger partial charge in [-0.25, -0.2) is 10.8 Å². The highest BCUT2D eigenvalue weighted by Gasteiger charge is 2.14. The second kappa shape index (κ2) is 5.31. The minimum absolute atomic E-state index is 0.429. The fourth-order valence-electron chi connectivity index (χ4n) is 2.24. The van der Waals surface area contributed by atoms with Gasteiger partial charge in [0, 0.05) is 17.6 Å². The molecular weight excluding hydrogens is 282 g/mol.